The number of nitrogens with zero attached hydrogens (tertiary/aromatic N) is 3. The van der Waals surface area contributed by atoms with Crippen molar-refractivity contribution in [1.29, 1.82) is 0 Å². The zero-order chi connectivity index (χ0) is 28.0. The molecule has 2 aromatic rings. The number of benzene rings is 1. The average molecular weight is 527 g/mol. The first-order chi connectivity index (χ1) is 17.8. The van der Waals surface area contributed by atoms with Gasteiger partial charge in [-0.05, 0) is 69.6 Å². The zero-order valence-corrected chi connectivity index (χ0v) is 23.7. The van der Waals surface area contributed by atoms with Crippen LogP contribution in [0.4, 0.5) is 9.18 Å². The maximum atomic E-state index is 14.4. The Hall–Kier alpha value is -3.36. The summed E-state index contributed by atoms with van der Waals surface area (Å²) >= 11 is 0. The third kappa shape index (κ3) is 8.07. The van der Waals surface area contributed by atoms with Crippen LogP contribution in [-0.2, 0) is 4.79 Å². The lowest BCUT2D eigenvalue weighted by atomic mass is 9.90. The van der Waals surface area contributed by atoms with Crippen molar-refractivity contribution in [2.45, 2.75) is 85.7 Å². The third-order valence-electron chi connectivity index (χ3n) is 6.92. The number of likely N-dealkylation sites (tertiary alicyclic amines) is 1. The van der Waals surface area contributed by atoms with Gasteiger partial charge in [0, 0.05) is 30.3 Å². The van der Waals surface area contributed by atoms with E-state index in [0.717, 1.165) is 30.6 Å². The molecule has 3 amide bonds. The monoisotopic (exact) mass is 526 g/mol. The fraction of sp³-hybridized carbons (Fsp3) is 0.552. The molecule has 1 aromatic carbocycles. The van der Waals surface area contributed by atoms with E-state index in [-0.39, 0.29) is 23.7 Å². The molecule has 0 unspecified atom stereocenters. The fourth-order valence-corrected chi connectivity index (χ4v) is 4.56. The van der Waals surface area contributed by atoms with Gasteiger partial charge >= 0.3 is 6.03 Å². The van der Waals surface area contributed by atoms with Crippen molar-refractivity contribution in [2.24, 2.45) is 5.41 Å². The average Bonchev–Trinajstić information content (AvgIpc) is 3.32. The molecule has 3 rings (SSSR count). The summed E-state index contributed by atoms with van der Waals surface area (Å²) in [5.41, 5.74) is 5.34. The number of aromatic amines is 1. The molecule has 1 saturated heterocycles. The smallest absolute Gasteiger partial charge is 0.337 e. The number of nitrogens with one attached hydrogen (secondary N) is 3. The summed E-state index contributed by atoms with van der Waals surface area (Å²) in [4.78, 5) is 35.8. The number of hydrogen-bond acceptors (Lipinski definition) is 4. The number of H-pyrrole nitrogens is 1. The lowest BCUT2D eigenvalue weighted by Gasteiger charge is -2.38. The van der Waals surface area contributed by atoms with Gasteiger partial charge in [-0.2, -0.15) is 0 Å². The van der Waals surface area contributed by atoms with Crippen molar-refractivity contribution >= 4 is 11.9 Å². The number of aromatic nitrogens is 2. The second kappa shape index (κ2) is 12.5. The summed E-state index contributed by atoms with van der Waals surface area (Å²) < 4.78 is 14.4. The fourth-order valence-electron chi connectivity index (χ4n) is 4.56. The number of piperidine rings is 1. The van der Waals surface area contributed by atoms with Crippen LogP contribution in [0.5, 0.6) is 0 Å². The molecule has 1 aliphatic heterocycles. The van der Waals surface area contributed by atoms with Gasteiger partial charge in [-0.15, -0.1) is 0 Å². The number of amides is 3. The summed E-state index contributed by atoms with van der Waals surface area (Å²) in [6.07, 6.45) is 5.87. The predicted molar refractivity (Wildman–Crippen MR) is 148 cm³/mol. The van der Waals surface area contributed by atoms with Gasteiger partial charge in [0.2, 0.25) is 5.91 Å². The van der Waals surface area contributed by atoms with Crippen LogP contribution in [0.25, 0.3) is 11.3 Å². The maximum absolute atomic E-state index is 14.4. The molecular weight excluding hydrogens is 483 g/mol. The van der Waals surface area contributed by atoms with Gasteiger partial charge in [-0.25, -0.2) is 19.2 Å². The van der Waals surface area contributed by atoms with Gasteiger partial charge in [-0.1, -0.05) is 33.4 Å². The highest BCUT2D eigenvalue weighted by Crippen LogP contribution is 2.24. The molecule has 1 fully saturated rings. The highest BCUT2D eigenvalue weighted by Gasteiger charge is 2.26. The highest BCUT2D eigenvalue weighted by molar-refractivity contribution is 5.81. The molecule has 38 heavy (non-hydrogen) atoms. The molecule has 0 radical (unpaired) electrons. The lowest BCUT2D eigenvalue weighted by molar-refractivity contribution is -0.125. The molecule has 3 N–H and O–H groups in total. The molecule has 0 saturated carbocycles. The summed E-state index contributed by atoms with van der Waals surface area (Å²) in [5.74, 6) is -0.0837. The summed E-state index contributed by atoms with van der Waals surface area (Å²) in [6, 6.07) is 4.36. The van der Waals surface area contributed by atoms with Gasteiger partial charge < -0.3 is 15.2 Å². The van der Waals surface area contributed by atoms with Gasteiger partial charge in [0.05, 0.1) is 24.5 Å². The summed E-state index contributed by atoms with van der Waals surface area (Å²) in [6.45, 7) is 17.3. The van der Waals surface area contributed by atoms with E-state index in [4.69, 9.17) is 0 Å². The maximum Gasteiger partial charge on any atom is 0.337 e. The first-order valence-corrected chi connectivity index (χ1v) is 13.5. The SMILES string of the molecule is C=C(CN(NC(=O)CCC(C)(C)C)C(=O)N[C@@H](C)c1ncc(-c2ccc(C)cc2F)[nH]1)N1CCCC[C@@H]1C. The predicted octanol–water partition coefficient (Wildman–Crippen LogP) is 5.84. The molecule has 208 valence electrons. The quantitative estimate of drug-likeness (QED) is 0.377. The number of carbonyl (C=O) groups excluding carboxylic acids is 2. The Morgan fingerprint density at radius 3 is 2.71 bits per heavy atom. The zero-order valence-electron chi connectivity index (χ0n) is 23.7. The molecule has 2 atom stereocenters. The van der Waals surface area contributed by atoms with Crippen LogP contribution in [0.3, 0.4) is 0 Å². The van der Waals surface area contributed by atoms with Crippen LogP contribution >= 0.6 is 0 Å². The van der Waals surface area contributed by atoms with E-state index in [9.17, 15) is 14.0 Å². The lowest BCUT2D eigenvalue weighted by Crippen LogP contribution is -2.53. The van der Waals surface area contributed by atoms with E-state index in [1.807, 2.05) is 13.0 Å². The second-order valence-corrected chi connectivity index (χ2v) is 11.6. The number of halogens is 1. The number of hydrazine groups is 1. The number of urea groups is 1. The minimum atomic E-state index is -0.513. The van der Waals surface area contributed by atoms with E-state index in [0.29, 0.717) is 36.0 Å². The Labute approximate surface area is 226 Å². The van der Waals surface area contributed by atoms with Crippen LogP contribution in [0, 0.1) is 18.2 Å². The van der Waals surface area contributed by atoms with Crippen molar-refractivity contribution < 1.29 is 14.0 Å². The van der Waals surface area contributed by atoms with Gasteiger partial charge in [0.15, 0.2) is 0 Å². The van der Waals surface area contributed by atoms with E-state index >= 15 is 0 Å². The minimum Gasteiger partial charge on any atom is -0.371 e. The Morgan fingerprint density at radius 2 is 2.05 bits per heavy atom. The minimum absolute atomic E-state index is 0.000306. The molecule has 1 aromatic heterocycles. The number of aryl methyl sites for hydroxylation is 1. The number of carbonyl (C=O) groups is 2. The number of imidazole rings is 1. The standard InChI is InChI=1S/C29H43FN6O2/c1-19-11-12-23(24(30)16-19)25-17-31-27(33-25)22(4)32-28(38)36(34-26(37)13-14-29(5,6)7)18-21(3)35-15-9-8-10-20(35)2/h11-12,16-17,20,22H,3,8-10,13-15,18H2,1-2,4-7H3,(H,31,33)(H,32,38)(H,34,37)/t20-,22-/m0/s1. The molecule has 1 aliphatic rings. The van der Waals surface area contributed by atoms with Crippen molar-refractivity contribution in [3.63, 3.8) is 0 Å². The highest BCUT2D eigenvalue weighted by atomic mass is 19.1. The number of rotatable bonds is 8. The third-order valence-corrected chi connectivity index (χ3v) is 6.92. The Balaban J connectivity index is 1.71. The van der Waals surface area contributed by atoms with E-state index in [1.165, 1.54) is 17.5 Å². The Kier molecular flexibility index (Phi) is 9.57. The van der Waals surface area contributed by atoms with Gasteiger partial charge in [0.1, 0.15) is 11.6 Å². The van der Waals surface area contributed by atoms with E-state index in [1.54, 1.807) is 19.2 Å². The van der Waals surface area contributed by atoms with Gasteiger partial charge in [-0.3, -0.25) is 10.2 Å². The van der Waals surface area contributed by atoms with Crippen LogP contribution in [0.15, 0.2) is 36.7 Å². The van der Waals surface area contributed by atoms with Crippen LogP contribution in [-0.4, -0.2) is 50.9 Å². The van der Waals surface area contributed by atoms with Crippen LogP contribution in [0.1, 0.15) is 84.2 Å². The van der Waals surface area contributed by atoms with E-state index < -0.39 is 12.1 Å². The van der Waals surface area contributed by atoms with Crippen molar-refractivity contribution in [2.75, 3.05) is 13.1 Å². The Bertz CT molecular complexity index is 1140. The summed E-state index contributed by atoms with van der Waals surface area (Å²) in [5, 5.41) is 4.21. The van der Waals surface area contributed by atoms with Crippen molar-refractivity contribution in [3.05, 3.63) is 53.9 Å². The summed E-state index contributed by atoms with van der Waals surface area (Å²) in [7, 11) is 0. The largest absolute Gasteiger partial charge is 0.371 e. The molecule has 0 bridgehead atoms. The molecule has 0 spiro atoms. The van der Waals surface area contributed by atoms with Crippen molar-refractivity contribution in [1.82, 2.24) is 30.6 Å². The van der Waals surface area contributed by atoms with Crippen LogP contribution in [0.2, 0.25) is 0 Å². The Morgan fingerprint density at radius 1 is 1.32 bits per heavy atom. The van der Waals surface area contributed by atoms with Crippen LogP contribution < -0.4 is 10.7 Å². The molecule has 9 heteroatoms. The number of hydrogen-bond donors (Lipinski definition) is 3. The second-order valence-electron chi connectivity index (χ2n) is 11.6. The van der Waals surface area contributed by atoms with Crippen molar-refractivity contribution in [3.8, 4) is 11.3 Å². The molecule has 2 heterocycles. The topological polar surface area (TPSA) is 93.4 Å². The molecular formula is C29H43FN6O2. The molecule has 8 nitrogen and oxygen atoms in total. The first-order valence-electron chi connectivity index (χ1n) is 13.5. The molecule has 0 aliphatic carbocycles. The first kappa shape index (κ1) is 29.2. The van der Waals surface area contributed by atoms with Gasteiger partial charge in [0.25, 0.3) is 0 Å². The normalized spacial score (nSPS) is 16.6. The van der Waals surface area contributed by atoms with E-state index in [2.05, 4.69) is 59.9 Å².